The van der Waals surface area contributed by atoms with Crippen molar-refractivity contribution in [3.8, 4) is 0 Å². The maximum atomic E-state index is 13.7. The van der Waals surface area contributed by atoms with Gasteiger partial charge in [-0.2, -0.15) is 8.78 Å². The zero-order chi connectivity index (χ0) is 20.0. The van der Waals surface area contributed by atoms with Crippen molar-refractivity contribution >= 4 is 32.6 Å². The molecule has 1 saturated carbocycles. The zero-order valence-corrected chi connectivity index (χ0v) is 16.5. The van der Waals surface area contributed by atoms with Crippen molar-refractivity contribution in [1.82, 2.24) is 19.5 Å². The SMILES string of the molecule is O=c1[nH]c(Cc2nc3ccccc3n2C(F)F)nc2scc(C3CCCCC3)c12. The van der Waals surface area contributed by atoms with Crippen molar-refractivity contribution in [3.05, 3.63) is 57.2 Å². The van der Waals surface area contributed by atoms with Crippen LogP contribution in [0.4, 0.5) is 8.78 Å². The first-order valence-corrected chi connectivity index (χ1v) is 10.7. The minimum absolute atomic E-state index is 0.0425. The number of para-hydroxylation sites is 2. The molecule has 0 amide bonds. The van der Waals surface area contributed by atoms with E-state index in [-0.39, 0.29) is 17.8 Å². The summed E-state index contributed by atoms with van der Waals surface area (Å²) in [5, 5.41) is 2.70. The number of thiophene rings is 1. The number of halogens is 2. The third-order valence-corrected chi connectivity index (χ3v) is 6.65. The third kappa shape index (κ3) is 3.25. The van der Waals surface area contributed by atoms with E-state index < -0.39 is 6.55 Å². The number of imidazole rings is 1. The number of hydrogen-bond donors (Lipinski definition) is 1. The van der Waals surface area contributed by atoms with E-state index in [0.717, 1.165) is 23.0 Å². The average Bonchev–Trinajstić information content (AvgIpc) is 3.30. The highest BCUT2D eigenvalue weighted by Crippen LogP contribution is 2.37. The average molecular weight is 414 g/mol. The van der Waals surface area contributed by atoms with Crippen LogP contribution < -0.4 is 5.56 Å². The second-order valence-corrected chi connectivity index (χ2v) is 8.42. The van der Waals surface area contributed by atoms with E-state index in [4.69, 9.17) is 0 Å². The van der Waals surface area contributed by atoms with Crippen LogP contribution >= 0.6 is 11.3 Å². The summed E-state index contributed by atoms with van der Waals surface area (Å²) in [4.78, 5) is 25.3. The predicted molar refractivity (Wildman–Crippen MR) is 110 cm³/mol. The first-order chi connectivity index (χ1) is 14.1. The summed E-state index contributed by atoms with van der Waals surface area (Å²) in [5.74, 6) is 0.957. The smallest absolute Gasteiger partial charge is 0.310 e. The summed E-state index contributed by atoms with van der Waals surface area (Å²) in [5.41, 5.74) is 1.77. The number of aromatic amines is 1. The van der Waals surface area contributed by atoms with Crippen LogP contribution in [0.2, 0.25) is 0 Å². The molecular formula is C21H20F2N4OS. The number of aromatic nitrogens is 4. The van der Waals surface area contributed by atoms with E-state index in [9.17, 15) is 13.6 Å². The van der Waals surface area contributed by atoms with Gasteiger partial charge in [-0.15, -0.1) is 11.3 Å². The highest BCUT2D eigenvalue weighted by Gasteiger charge is 2.23. The van der Waals surface area contributed by atoms with E-state index in [2.05, 4.69) is 15.0 Å². The van der Waals surface area contributed by atoms with Gasteiger partial charge < -0.3 is 4.98 Å². The first kappa shape index (κ1) is 18.4. The van der Waals surface area contributed by atoms with Gasteiger partial charge in [0, 0.05) is 0 Å². The number of hydrogen-bond acceptors (Lipinski definition) is 4. The quantitative estimate of drug-likeness (QED) is 0.488. The van der Waals surface area contributed by atoms with E-state index >= 15 is 0 Å². The molecule has 0 unspecified atom stereocenters. The molecule has 0 radical (unpaired) electrons. The molecule has 150 valence electrons. The first-order valence-electron chi connectivity index (χ1n) is 9.86. The molecule has 5 nitrogen and oxygen atoms in total. The van der Waals surface area contributed by atoms with Crippen molar-refractivity contribution in [1.29, 1.82) is 0 Å². The number of nitrogens with one attached hydrogen (secondary N) is 1. The van der Waals surface area contributed by atoms with Gasteiger partial charge in [0.25, 0.3) is 5.56 Å². The molecule has 1 aliphatic carbocycles. The van der Waals surface area contributed by atoms with Crippen molar-refractivity contribution in [2.75, 3.05) is 0 Å². The minimum Gasteiger partial charge on any atom is -0.310 e. The molecule has 5 rings (SSSR count). The molecule has 3 aromatic heterocycles. The lowest BCUT2D eigenvalue weighted by Gasteiger charge is -2.20. The highest BCUT2D eigenvalue weighted by atomic mass is 32.1. The van der Waals surface area contributed by atoms with Gasteiger partial charge >= 0.3 is 6.55 Å². The molecule has 0 bridgehead atoms. The molecule has 8 heteroatoms. The topological polar surface area (TPSA) is 63.6 Å². The molecule has 3 heterocycles. The van der Waals surface area contributed by atoms with Crippen LogP contribution in [0.15, 0.2) is 34.4 Å². The Bertz CT molecular complexity index is 1240. The fraction of sp³-hybridized carbons (Fsp3) is 0.381. The second-order valence-electron chi connectivity index (χ2n) is 7.56. The van der Waals surface area contributed by atoms with Gasteiger partial charge in [0.15, 0.2) is 0 Å². The summed E-state index contributed by atoms with van der Waals surface area (Å²) in [6.07, 6.45) is 5.88. The fourth-order valence-corrected chi connectivity index (χ4v) is 5.44. The third-order valence-electron chi connectivity index (χ3n) is 5.76. The van der Waals surface area contributed by atoms with Gasteiger partial charge in [-0.05, 0) is 41.8 Å². The summed E-state index contributed by atoms with van der Waals surface area (Å²) in [6, 6.07) is 6.79. The molecule has 1 aromatic carbocycles. The molecule has 1 N–H and O–H groups in total. The van der Waals surface area contributed by atoms with E-state index in [0.29, 0.717) is 33.0 Å². The number of benzene rings is 1. The second kappa shape index (κ2) is 7.33. The number of fused-ring (bicyclic) bond motifs is 2. The predicted octanol–water partition coefficient (Wildman–Crippen LogP) is 5.37. The molecule has 29 heavy (non-hydrogen) atoms. The molecule has 4 aromatic rings. The Morgan fingerprint density at radius 1 is 1.17 bits per heavy atom. The Morgan fingerprint density at radius 2 is 1.97 bits per heavy atom. The maximum absolute atomic E-state index is 13.7. The maximum Gasteiger partial charge on any atom is 0.320 e. The van der Waals surface area contributed by atoms with Gasteiger partial charge in [0.2, 0.25) is 0 Å². The lowest BCUT2D eigenvalue weighted by Crippen LogP contribution is -2.15. The Kier molecular flexibility index (Phi) is 4.66. The summed E-state index contributed by atoms with van der Waals surface area (Å²) in [7, 11) is 0. The Labute approximate surface area is 169 Å². The van der Waals surface area contributed by atoms with E-state index in [1.165, 1.54) is 30.6 Å². The van der Waals surface area contributed by atoms with Crippen molar-refractivity contribution in [3.63, 3.8) is 0 Å². The van der Waals surface area contributed by atoms with Crippen LogP contribution in [0.3, 0.4) is 0 Å². The molecule has 0 saturated heterocycles. The van der Waals surface area contributed by atoms with Crippen LogP contribution in [0.25, 0.3) is 21.3 Å². The van der Waals surface area contributed by atoms with Crippen LogP contribution in [0.1, 0.15) is 61.8 Å². The Balaban J connectivity index is 1.55. The fourth-order valence-electron chi connectivity index (χ4n) is 4.40. The van der Waals surface area contributed by atoms with Gasteiger partial charge in [-0.25, -0.2) is 9.97 Å². The molecule has 0 aliphatic heterocycles. The molecule has 0 spiro atoms. The molecule has 1 fully saturated rings. The highest BCUT2D eigenvalue weighted by molar-refractivity contribution is 7.16. The van der Waals surface area contributed by atoms with E-state index in [1.807, 2.05) is 5.38 Å². The van der Waals surface area contributed by atoms with Gasteiger partial charge in [0.1, 0.15) is 16.5 Å². The zero-order valence-electron chi connectivity index (χ0n) is 15.7. The number of nitrogens with zero attached hydrogens (tertiary/aromatic N) is 3. The largest absolute Gasteiger partial charge is 0.320 e. The van der Waals surface area contributed by atoms with Gasteiger partial charge in [0.05, 0.1) is 22.8 Å². The monoisotopic (exact) mass is 414 g/mol. The summed E-state index contributed by atoms with van der Waals surface area (Å²) < 4.78 is 28.2. The number of rotatable bonds is 4. The summed E-state index contributed by atoms with van der Waals surface area (Å²) in [6.45, 7) is -2.72. The van der Waals surface area contributed by atoms with Gasteiger partial charge in [-0.3, -0.25) is 9.36 Å². The standard InChI is InChI=1S/C21H20F2N4OS/c22-21(23)27-15-9-5-4-8-14(15)24-17(27)10-16-25-19(28)18-13(11-29-20(18)26-16)12-6-2-1-3-7-12/h4-5,8-9,11-12,21H,1-3,6-7,10H2,(H,25,26,28). The van der Waals surface area contributed by atoms with Crippen molar-refractivity contribution in [2.24, 2.45) is 0 Å². The van der Waals surface area contributed by atoms with Crippen LogP contribution in [-0.4, -0.2) is 19.5 Å². The Hall–Kier alpha value is -2.61. The van der Waals surface area contributed by atoms with Crippen molar-refractivity contribution in [2.45, 2.75) is 51.0 Å². The normalized spacial score (nSPS) is 15.7. The number of alkyl halides is 2. The van der Waals surface area contributed by atoms with Crippen LogP contribution in [-0.2, 0) is 6.42 Å². The van der Waals surface area contributed by atoms with Gasteiger partial charge in [-0.1, -0.05) is 31.4 Å². The molecule has 1 aliphatic rings. The Morgan fingerprint density at radius 3 is 2.76 bits per heavy atom. The van der Waals surface area contributed by atoms with Crippen LogP contribution in [0, 0.1) is 0 Å². The lowest BCUT2D eigenvalue weighted by molar-refractivity contribution is 0.0718. The van der Waals surface area contributed by atoms with E-state index in [1.54, 1.807) is 24.3 Å². The van der Waals surface area contributed by atoms with Crippen LogP contribution in [0.5, 0.6) is 0 Å². The minimum atomic E-state index is -2.72. The lowest BCUT2D eigenvalue weighted by atomic mass is 9.84. The van der Waals surface area contributed by atoms with Crippen molar-refractivity contribution < 1.29 is 8.78 Å². The number of H-pyrrole nitrogens is 1. The molecular weight excluding hydrogens is 394 g/mol. The summed E-state index contributed by atoms with van der Waals surface area (Å²) >= 11 is 1.46. The molecule has 0 atom stereocenters.